The van der Waals surface area contributed by atoms with Crippen LogP contribution < -0.4 is 0 Å². The van der Waals surface area contributed by atoms with Crippen LogP contribution in [0.15, 0.2) is 30.7 Å². The van der Waals surface area contributed by atoms with Crippen LogP contribution >= 0.6 is 0 Å². The molecule has 0 amide bonds. The smallest absolute Gasteiger partial charge is 0.252 e. The lowest BCUT2D eigenvalue weighted by molar-refractivity contribution is 0.0951. The van der Waals surface area contributed by atoms with Gasteiger partial charge in [-0.2, -0.15) is 9.50 Å². The molecule has 3 heterocycles. The summed E-state index contributed by atoms with van der Waals surface area (Å²) in [7, 11) is 0. The highest BCUT2D eigenvalue weighted by Crippen LogP contribution is 2.25. The van der Waals surface area contributed by atoms with Gasteiger partial charge in [0.2, 0.25) is 0 Å². The lowest BCUT2D eigenvalue weighted by Crippen LogP contribution is -2.21. The summed E-state index contributed by atoms with van der Waals surface area (Å²) in [4.78, 5) is 24.9. The molecule has 0 N–H and O–H groups in total. The third kappa shape index (κ3) is 1.91. The SMILES string of the molecule is CC1CC(=O)c2cnc3nc(-c4cccnc4)nn3c2C1. The predicted molar refractivity (Wildman–Crippen MR) is 75.8 cm³/mol. The van der Waals surface area contributed by atoms with Crippen molar-refractivity contribution in [3.63, 3.8) is 0 Å². The molecular formula is C15H13N5O. The maximum Gasteiger partial charge on any atom is 0.252 e. The highest BCUT2D eigenvalue weighted by molar-refractivity contribution is 5.98. The van der Waals surface area contributed by atoms with Crippen molar-refractivity contribution >= 4 is 11.6 Å². The number of Topliss-reactive ketones (excluding diaryl/α,β-unsaturated/α-hetero) is 1. The fourth-order valence-electron chi connectivity index (χ4n) is 2.75. The number of hydrogen-bond acceptors (Lipinski definition) is 5. The van der Waals surface area contributed by atoms with Crippen LogP contribution in [-0.2, 0) is 6.42 Å². The first-order valence-electron chi connectivity index (χ1n) is 6.90. The maximum atomic E-state index is 12.1. The highest BCUT2D eigenvalue weighted by atomic mass is 16.1. The number of aromatic nitrogens is 5. The Bertz CT molecular complexity index is 840. The molecule has 0 aromatic carbocycles. The zero-order valence-electron chi connectivity index (χ0n) is 11.5. The van der Waals surface area contributed by atoms with E-state index in [-0.39, 0.29) is 5.78 Å². The molecular weight excluding hydrogens is 266 g/mol. The summed E-state index contributed by atoms with van der Waals surface area (Å²) in [6.45, 7) is 2.08. The van der Waals surface area contributed by atoms with Gasteiger partial charge in [0.1, 0.15) is 0 Å². The number of fused-ring (bicyclic) bond motifs is 3. The second-order valence-corrected chi connectivity index (χ2v) is 5.44. The van der Waals surface area contributed by atoms with Crippen molar-refractivity contribution in [2.75, 3.05) is 0 Å². The molecule has 0 fully saturated rings. The van der Waals surface area contributed by atoms with Crippen molar-refractivity contribution in [1.82, 2.24) is 24.6 Å². The lowest BCUT2D eigenvalue weighted by Gasteiger charge is -2.19. The van der Waals surface area contributed by atoms with Gasteiger partial charge >= 0.3 is 0 Å². The van der Waals surface area contributed by atoms with Gasteiger partial charge in [0, 0.05) is 30.6 Å². The first-order chi connectivity index (χ1) is 10.2. The van der Waals surface area contributed by atoms with E-state index in [0.29, 0.717) is 29.5 Å². The summed E-state index contributed by atoms with van der Waals surface area (Å²) in [5.74, 6) is 1.56. The van der Waals surface area contributed by atoms with E-state index in [1.807, 2.05) is 12.1 Å². The molecule has 104 valence electrons. The van der Waals surface area contributed by atoms with Crippen molar-refractivity contribution in [1.29, 1.82) is 0 Å². The van der Waals surface area contributed by atoms with Crippen LogP contribution in [0.1, 0.15) is 29.4 Å². The molecule has 1 aliphatic rings. The Morgan fingerprint density at radius 3 is 3.00 bits per heavy atom. The Balaban J connectivity index is 1.93. The normalized spacial score (nSPS) is 18.0. The standard InChI is InChI=1S/C15H13N5O/c1-9-5-12-11(13(21)6-9)8-17-15-18-14(19-20(12)15)10-3-2-4-16-7-10/h2-4,7-9H,5-6H2,1H3. The van der Waals surface area contributed by atoms with Gasteiger partial charge in [-0.25, -0.2) is 4.98 Å². The highest BCUT2D eigenvalue weighted by Gasteiger charge is 2.26. The average Bonchev–Trinajstić information content (AvgIpc) is 2.92. The van der Waals surface area contributed by atoms with Crippen molar-refractivity contribution in [2.45, 2.75) is 19.8 Å². The summed E-state index contributed by atoms with van der Waals surface area (Å²) in [6, 6.07) is 3.75. The van der Waals surface area contributed by atoms with Gasteiger partial charge in [-0.1, -0.05) is 6.92 Å². The molecule has 21 heavy (non-hydrogen) atoms. The molecule has 6 heteroatoms. The Labute approximate surface area is 120 Å². The Morgan fingerprint density at radius 1 is 1.29 bits per heavy atom. The van der Waals surface area contributed by atoms with Gasteiger partial charge in [-0.3, -0.25) is 9.78 Å². The van der Waals surface area contributed by atoms with Crippen molar-refractivity contribution < 1.29 is 4.79 Å². The molecule has 0 spiro atoms. The Hall–Kier alpha value is -2.63. The fourth-order valence-corrected chi connectivity index (χ4v) is 2.75. The quantitative estimate of drug-likeness (QED) is 0.680. The second kappa shape index (κ2) is 4.44. The lowest BCUT2D eigenvalue weighted by atomic mass is 9.88. The van der Waals surface area contributed by atoms with E-state index in [1.54, 1.807) is 23.1 Å². The monoisotopic (exact) mass is 279 g/mol. The molecule has 1 unspecified atom stereocenters. The minimum absolute atomic E-state index is 0.136. The van der Waals surface area contributed by atoms with E-state index < -0.39 is 0 Å². The minimum atomic E-state index is 0.136. The summed E-state index contributed by atoms with van der Waals surface area (Å²) in [5.41, 5.74) is 2.42. The van der Waals surface area contributed by atoms with Crippen LogP contribution in [-0.4, -0.2) is 30.3 Å². The fraction of sp³-hybridized carbons (Fsp3) is 0.267. The number of hydrogen-bond donors (Lipinski definition) is 0. The number of pyridine rings is 1. The minimum Gasteiger partial charge on any atom is -0.294 e. The van der Waals surface area contributed by atoms with E-state index >= 15 is 0 Å². The largest absolute Gasteiger partial charge is 0.294 e. The van der Waals surface area contributed by atoms with E-state index in [1.165, 1.54) is 0 Å². The molecule has 0 bridgehead atoms. The van der Waals surface area contributed by atoms with E-state index in [0.717, 1.165) is 17.7 Å². The van der Waals surface area contributed by atoms with Crippen LogP contribution in [0.5, 0.6) is 0 Å². The molecule has 4 rings (SSSR count). The van der Waals surface area contributed by atoms with Crippen LogP contribution in [0.2, 0.25) is 0 Å². The van der Waals surface area contributed by atoms with Gasteiger partial charge in [0.05, 0.1) is 11.3 Å². The molecule has 0 radical (unpaired) electrons. The molecule has 0 aliphatic heterocycles. The summed E-state index contributed by atoms with van der Waals surface area (Å²) < 4.78 is 1.70. The third-order valence-electron chi connectivity index (χ3n) is 3.76. The van der Waals surface area contributed by atoms with Gasteiger partial charge in [0.25, 0.3) is 5.78 Å². The van der Waals surface area contributed by atoms with E-state index in [2.05, 4.69) is 27.0 Å². The van der Waals surface area contributed by atoms with E-state index in [4.69, 9.17) is 0 Å². The molecule has 6 nitrogen and oxygen atoms in total. The molecule has 3 aromatic heterocycles. The molecule has 1 aliphatic carbocycles. The number of rotatable bonds is 1. The second-order valence-electron chi connectivity index (χ2n) is 5.44. The van der Waals surface area contributed by atoms with Crippen molar-refractivity contribution in [3.05, 3.63) is 42.0 Å². The summed E-state index contributed by atoms with van der Waals surface area (Å²) in [5, 5.41) is 4.52. The van der Waals surface area contributed by atoms with Crippen LogP contribution in [0.25, 0.3) is 17.2 Å². The maximum absolute atomic E-state index is 12.1. The van der Waals surface area contributed by atoms with Crippen molar-refractivity contribution in [3.8, 4) is 11.4 Å². The zero-order valence-corrected chi connectivity index (χ0v) is 11.5. The Morgan fingerprint density at radius 2 is 2.19 bits per heavy atom. The molecule has 0 saturated heterocycles. The number of ketones is 1. The zero-order chi connectivity index (χ0) is 14.4. The van der Waals surface area contributed by atoms with Gasteiger partial charge in [-0.05, 0) is 24.5 Å². The van der Waals surface area contributed by atoms with Gasteiger partial charge in [-0.15, -0.1) is 5.10 Å². The van der Waals surface area contributed by atoms with Crippen molar-refractivity contribution in [2.24, 2.45) is 5.92 Å². The molecule has 1 atom stereocenters. The third-order valence-corrected chi connectivity index (χ3v) is 3.76. The van der Waals surface area contributed by atoms with E-state index in [9.17, 15) is 4.79 Å². The van der Waals surface area contributed by atoms with Gasteiger partial charge < -0.3 is 0 Å². The number of carbonyl (C=O) groups excluding carboxylic acids is 1. The van der Waals surface area contributed by atoms with Crippen LogP contribution in [0.4, 0.5) is 0 Å². The topological polar surface area (TPSA) is 73.0 Å². The number of carbonyl (C=O) groups is 1. The van der Waals surface area contributed by atoms with Gasteiger partial charge in [0.15, 0.2) is 11.6 Å². The molecule has 3 aromatic rings. The Kier molecular flexibility index (Phi) is 2.57. The van der Waals surface area contributed by atoms with Crippen LogP contribution in [0, 0.1) is 5.92 Å². The van der Waals surface area contributed by atoms with Crippen LogP contribution in [0.3, 0.4) is 0 Å². The summed E-state index contributed by atoms with van der Waals surface area (Å²) >= 11 is 0. The molecule has 0 saturated carbocycles. The number of nitrogens with zero attached hydrogens (tertiary/aromatic N) is 5. The first-order valence-corrected chi connectivity index (χ1v) is 6.90. The predicted octanol–water partition coefficient (Wildman–Crippen LogP) is 1.95. The first kappa shape index (κ1) is 12.1. The summed E-state index contributed by atoms with van der Waals surface area (Å²) in [6.07, 6.45) is 6.44. The average molecular weight is 279 g/mol.